The Morgan fingerprint density at radius 1 is 0.837 bits per heavy atom. The third kappa shape index (κ3) is 6.12. The molecule has 1 heterocycles. The van der Waals surface area contributed by atoms with Gasteiger partial charge in [-0.3, -0.25) is 9.59 Å². The molecular formula is C29H27N3O11. The van der Waals surface area contributed by atoms with E-state index in [9.17, 15) is 49.5 Å². The number of benzene rings is 3. The molecule has 4 rings (SSSR count). The molecule has 0 unspecified atom stereocenters. The van der Waals surface area contributed by atoms with Crippen molar-refractivity contribution in [3.8, 4) is 23.0 Å². The van der Waals surface area contributed by atoms with Crippen LogP contribution in [0.5, 0.6) is 23.0 Å². The molecule has 0 aromatic heterocycles. The van der Waals surface area contributed by atoms with Crippen LogP contribution in [0.4, 0.5) is 4.79 Å². The highest BCUT2D eigenvalue weighted by atomic mass is 16.5. The molecule has 1 aliphatic heterocycles. The Kier molecular flexibility index (Phi) is 8.41. The Morgan fingerprint density at radius 3 is 2.05 bits per heavy atom. The van der Waals surface area contributed by atoms with Gasteiger partial charge in [0.2, 0.25) is 5.78 Å². The summed E-state index contributed by atoms with van der Waals surface area (Å²) in [5.74, 6) is -6.43. The number of likely N-dealkylation sites (tertiary alicyclic amines) is 1. The zero-order valence-electron chi connectivity index (χ0n) is 22.8. The molecule has 1 fully saturated rings. The third-order valence-corrected chi connectivity index (χ3v) is 6.93. The summed E-state index contributed by atoms with van der Waals surface area (Å²) >= 11 is 0. The third-order valence-electron chi connectivity index (χ3n) is 6.93. The maximum absolute atomic E-state index is 13.2. The van der Waals surface area contributed by atoms with Crippen LogP contribution in [0.25, 0.3) is 0 Å². The van der Waals surface area contributed by atoms with E-state index in [-0.39, 0.29) is 41.1 Å². The molecule has 0 radical (unpaired) electrons. The summed E-state index contributed by atoms with van der Waals surface area (Å²) < 4.78 is 5.54. The molecule has 1 saturated heterocycles. The van der Waals surface area contributed by atoms with Gasteiger partial charge in [-0.1, -0.05) is 0 Å². The molecular weight excluding hydrogens is 566 g/mol. The van der Waals surface area contributed by atoms with E-state index in [1.807, 2.05) is 0 Å². The molecule has 0 spiro atoms. The lowest BCUT2D eigenvalue weighted by Crippen LogP contribution is -2.45. The molecule has 3 amide bonds. The van der Waals surface area contributed by atoms with E-state index in [1.165, 1.54) is 43.1 Å². The van der Waals surface area contributed by atoms with Gasteiger partial charge in [-0.15, -0.1) is 0 Å². The Bertz CT molecular complexity index is 1610. The summed E-state index contributed by atoms with van der Waals surface area (Å²) in [6.45, 7) is 1.14. The molecule has 3 aromatic rings. The first-order valence-corrected chi connectivity index (χ1v) is 12.8. The highest BCUT2D eigenvalue weighted by Crippen LogP contribution is 2.35. The molecule has 14 nitrogen and oxygen atoms in total. The smallest absolute Gasteiger partial charge is 0.338 e. The summed E-state index contributed by atoms with van der Waals surface area (Å²) in [7, 11) is 1.40. The molecule has 14 heteroatoms. The van der Waals surface area contributed by atoms with Gasteiger partial charge in [-0.25, -0.2) is 14.4 Å². The number of urea groups is 1. The molecule has 0 aliphatic carbocycles. The van der Waals surface area contributed by atoms with E-state index >= 15 is 0 Å². The lowest BCUT2D eigenvalue weighted by Gasteiger charge is -2.20. The number of ketones is 1. The van der Waals surface area contributed by atoms with Crippen LogP contribution >= 0.6 is 0 Å². The second kappa shape index (κ2) is 12.0. The minimum absolute atomic E-state index is 0.0242. The minimum Gasteiger partial charge on any atom is -0.508 e. The van der Waals surface area contributed by atoms with Gasteiger partial charge >= 0.3 is 18.0 Å². The summed E-state index contributed by atoms with van der Waals surface area (Å²) in [4.78, 5) is 64.1. The molecule has 2 atom stereocenters. The van der Waals surface area contributed by atoms with Crippen molar-refractivity contribution in [3.05, 3.63) is 81.9 Å². The van der Waals surface area contributed by atoms with Gasteiger partial charge in [0.15, 0.2) is 0 Å². The van der Waals surface area contributed by atoms with Crippen LogP contribution in [-0.4, -0.2) is 92.4 Å². The molecule has 1 aliphatic rings. The topological polar surface area (TPSA) is 223 Å². The Hall–Kier alpha value is -5.79. The summed E-state index contributed by atoms with van der Waals surface area (Å²) in [5, 5.41) is 55.4. The van der Waals surface area contributed by atoms with Crippen LogP contribution in [0.15, 0.2) is 48.5 Å². The van der Waals surface area contributed by atoms with Crippen molar-refractivity contribution in [1.82, 2.24) is 15.5 Å². The number of hydrogen-bond acceptors (Lipinski definition) is 10. The van der Waals surface area contributed by atoms with Crippen molar-refractivity contribution in [2.24, 2.45) is 0 Å². The van der Waals surface area contributed by atoms with E-state index in [1.54, 1.807) is 0 Å². The number of phenols is 4. The first kappa shape index (κ1) is 30.2. The normalized spacial score (nSPS) is 15.9. The standard InChI is InChI=1S/C29H27N3O11/c1-13-17(27(39)40)7-8-19(34)23(13)25(37)24-20(35)9-15(10-21(24)36)28(41)43-22-12-32(29(42)30-2)11-18(22)31-26(38)14-3-5-16(33)6-4-14/h3-10,18,22,33-36H,11-12H2,1-2H3,(H,30,42)(H,31,38)(H,39,40)/t18-,22-/m1/s1. The van der Waals surface area contributed by atoms with E-state index in [0.717, 1.165) is 24.3 Å². The van der Waals surface area contributed by atoms with Crippen molar-refractivity contribution in [1.29, 1.82) is 0 Å². The number of ether oxygens (including phenoxy) is 1. The monoisotopic (exact) mass is 593 g/mol. The van der Waals surface area contributed by atoms with Crippen LogP contribution in [0.3, 0.4) is 0 Å². The number of amides is 3. The van der Waals surface area contributed by atoms with Gasteiger partial charge in [0.25, 0.3) is 5.91 Å². The highest BCUT2D eigenvalue weighted by Gasteiger charge is 2.39. The average Bonchev–Trinajstić information content (AvgIpc) is 3.34. The lowest BCUT2D eigenvalue weighted by molar-refractivity contribution is 0.0270. The first-order chi connectivity index (χ1) is 20.3. The lowest BCUT2D eigenvalue weighted by atomic mass is 9.93. The largest absolute Gasteiger partial charge is 0.508 e. The number of aromatic carboxylic acids is 1. The van der Waals surface area contributed by atoms with Gasteiger partial charge in [0.1, 0.15) is 34.7 Å². The van der Waals surface area contributed by atoms with Gasteiger partial charge in [0, 0.05) is 19.2 Å². The molecule has 0 saturated carbocycles. The molecule has 3 aromatic carbocycles. The SMILES string of the molecule is CNC(=O)N1C[C@@H](NC(=O)c2ccc(O)cc2)[C@H](OC(=O)c2cc(O)c(C(=O)c3c(O)ccc(C(=O)O)c3C)c(O)c2)C1. The van der Waals surface area contributed by atoms with Crippen LogP contribution in [-0.2, 0) is 4.74 Å². The number of esters is 1. The number of nitrogens with one attached hydrogen (secondary N) is 2. The van der Waals surface area contributed by atoms with Crippen molar-refractivity contribution in [3.63, 3.8) is 0 Å². The predicted octanol–water partition coefficient (Wildman–Crippen LogP) is 1.73. The van der Waals surface area contributed by atoms with E-state index in [2.05, 4.69) is 10.6 Å². The molecule has 7 N–H and O–H groups in total. The van der Waals surface area contributed by atoms with Crippen molar-refractivity contribution >= 4 is 29.7 Å². The van der Waals surface area contributed by atoms with E-state index in [4.69, 9.17) is 4.74 Å². The van der Waals surface area contributed by atoms with Crippen molar-refractivity contribution < 1.29 is 54.2 Å². The molecule has 224 valence electrons. The predicted molar refractivity (Wildman–Crippen MR) is 148 cm³/mol. The van der Waals surface area contributed by atoms with Gasteiger partial charge in [0.05, 0.1) is 29.3 Å². The van der Waals surface area contributed by atoms with Crippen molar-refractivity contribution in [2.75, 3.05) is 20.1 Å². The summed E-state index contributed by atoms with van der Waals surface area (Å²) in [6, 6.07) is 7.81. The Morgan fingerprint density at radius 2 is 1.47 bits per heavy atom. The van der Waals surface area contributed by atoms with Crippen LogP contribution in [0, 0.1) is 6.92 Å². The van der Waals surface area contributed by atoms with E-state index < -0.39 is 70.2 Å². The van der Waals surface area contributed by atoms with Crippen LogP contribution in [0.1, 0.15) is 52.6 Å². The number of carboxylic acid groups (broad SMARTS) is 1. The fourth-order valence-corrected chi connectivity index (χ4v) is 4.73. The van der Waals surface area contributed by atoms with Gasteiger partial charge in [-0.05, 0) is 61.0 Å². The van der Waals surface area contributed by atoms with Gasteiger partial charge in [-0.2, -0.15) is 0 Å². The second-order valence-corrected chi connectivity index (χ2v) is 9.69. The Balaban J connectivity index is 1.58. The fraction of sp³-hybridized carbons (Fsp3) is 0.207. The number of aromatic hydroxyl groups is 4. The number of carboxylic acids is 1. The molecule has 43 heavy (non-hydrogen) atoms. The number of carbonyl (C=O) groups is 5. The maximum atomic E-state index is 13.2. The number of phenolic OH excluding ortho intramolecular Hbond substituents is 4. The zero-order chi connectivity index (χ0) is 31.6. The minimum atomic E-state index is -1.36. The molecule has 0 bridgehead atoms. The second-order valence-electron chi connectivity index (χ2n) is 9.69. The number of nitrogens with zero attached hydrogens (tertiary/aromatic N) is 1. The maximum Gasteiger partial charge on any atom is 0.338 e. The highest BCUT2D eigenvalue weighted by molar-refractivity contribution is 6.16. The number of carbonyl (C=O) groups excluding carboxylic acids is 4. The van der Waals surface area contributed by atoms with Crippen LogP contribution < -0.4 is 10.6 Å². The number of hydrogen-bond donors (Lipinski definition) is 7. The van der Waals surface area contributed by atoms with Crippen molar-refractivity contribution in [2.45, 2.75) is 19.1 Å². The van der Waals surface area contributed by atoms with E-state index in [0.29, 0.717) is 0 Å². The van der Waals surface area contributed by atoms with Crippen LogP contribution in [0.2, 0.25) is 0 Å². The average molecular weight is 594 g/mol. The first-order valence-electron chi connectivity index (χ1n) is 12.8. The Labute approximate surface area is 243 Å². The quantitative estimate of drug-likeness (QED) is 0.154. The summed E-state index contributed by atoms with van der Waals surface area (Å²) in [5.41, 5.74) is -1.73. The zero-order valence-corrected chi connectivity index (χ0v) is 22.8. The van der Waals surface area contributed by atoms with Gasteiger partial charge < -0.3 is 45.8 Å². The fourth-order valence-electron chi connectivity index (χ4n) is 4.73. The summed E-state index contributed by atoms with van der Waals surface area (Å²) in [6.07, 6.45) is -1.06. The number of rotatable bonds is 7.